The molecule has 1 N–H and O–H groups in total. The molecule has 0 saturated carbocycles. The Hall–Kier alpha value is -4.10. The molecule has 35 heavy (non-hydrogen) atoms. The van der Waals surface area contributed by atoms with Crippen LogP contribution in [0.4, 0.5) is 10.5 Å². The molecule has 0 aliphatic carbocycles. The molecule has 3 aromatic rings. The van der Waals surface area contributed by atoms with Crippen molar-refractivity contribution in [2.45, 2.75) is 20.5 Å². The van der Waals surface area contributed by atoms with Gasteiger partial charge in [0.25, 0.3) is 11.8 Å². The Morgan fingerprint density at radius 2 is 1.66 bits per heavy atom. The second-order valence-corrected chi connectivity index (χ2v) is 8.49. The number of carbonyl (C=O) groups is 3. The average Bonchev–Trinajstić information content (AvgIpc) is 2.84. The van der Waals surface area contributed by atoms with E-state index in [1.807, 2.05) is 19.1 Å². The average molecular weight is 491 g/mol. The van der Waals surface area contributed by atoms with E-state index in [0.29, 0.717) is 34.4 Å². The molecular weight excluding hydrogens is 468 g/mol. The van der Waals surface area contributed by atoms with Gasteiger partial charge < -0.3 is 9.47 Å². The van der Waals surface area contributed by atoms with Crippen LogP contribution in [0.3, 0.4) is 0 Å². The summed E-state index contributed by atoms with van der Waals surface area (Å²) in [5, 5.41) is 2.66. The minimum atomic E-state index is -0.827. The number of imide groups is 2. The summed E-state index contributed by atoms with van der Waals surface area (Å²) in [6.07, 6.45) is 1.41. The van der Waals surface area contributed by atoms with Crippen LogP contribution in [-0.4, -0.2) is 25.0 Å². The zero-order valence-electron chi connectivity index (χ0n) is 19.4. The van der Waals surface area contributed by atoms with E-state index in [9.17, 15) is 14.4 Å². The van der Waals surface area contributed by atoms with Crippen molar-refractivity contribution >= 4 is 41.2 Å². The van der Waals surface area contributed by atoms with E-state index in [2.05, 4.69) is 18.3 Å². The Kier molecular flexibility index (Phi) is 6.89. The SMILES string of the molecule is COc1cc(/C=C2\C(=O)NC(=O)N(c3ccc(Cl)cc3)C2=O)ccc1OCc1ccc(C)c(C)c1. The van der Waals surface area contributed by atoms with Gasteiger partial charge in [-0.1, -0.05) is 35.9 Å². The van der Waals surface area contributed by atoms with Crippen molar-refractivity contribution in [3.05, 3.63) is 93.5 Å². The van der Waals surface area contributed by atoms with Gasteiger partial charge in [0.2, 0.25) is 0 Å². The van der Waals surface area contributed by atoms with Gasteiger partial charge >= 0.3 is 6.03 Å². The van der Waals surface area contributed by atoms with Crippen LogP contribution in [0.25, 0.3) is 6.08 Å². The zero-order valence-corrected chi connectivity index (χ0v) is 20.2. The summed E-state index contributed by atoms with van der Waals surface area (Å²) < 4.78 is 11.4. The third-order valence-corrected chi connectivity index (χ3v) is 5.90. The molecular formula is C27H23ClN2O5. The van der Waals surface area contributed by atoms with Crippen LogP contribution >= 0.6 is 11.6 Å². The van der Waals surface area contributed by atoms with E-state index < -0.39 is 17.8 Å². The summed E-state index contributed by atoms with van der Waals surface area (Å²) in [4.78, 5) is 38.8. The van der Waals surface area contributed by atoms with Gasteiger partial charge in [-0.15, -0.1) is 0 Å². The van der Waals surface area contributed by atoms with Crippen molar-refractivity contribution in [2.24, 2.45) is 0 Å². The minimum absolute atomic E-state index is 0.189. The van der Waals surface area contributed by atoms with Gasteiger partial charge in [-0.3, -0.25) is 14.9 Å². The molecule has 0 unspecified atom stereocenters. The standard InChI is InChI=1S/C27H23ClN2O5/c1-16-4-5-19(12-17(16)2)15-35-23-11-6-18(14-24(23)34-3)13-22-25(31)29-27(33)30(26(22)32)21-9-7-20(28)8-10-21/h4-14H,15H2,1-3H3,(H,29,31,33)/b22-13+. The Labute approximate surface area is 207 Å². The molecule has 0 radical (unpaired) electrons. The molecule has 0 aromatic heterocycles. The lowest BCUT2D eigenvalue weighted by molar-refractivity contribution is -0.122. The quantitative estimate of drug-likeness (QED) is 0.378. The first-order chi connectivity index (χ1) is 16.8. The lowest BCUT2D eigenvalue weighted by atomic mass is 10.1. The van der Waals surface area contributed by atoms with Gasteiger partial charge in [0.05, 0.1) is 12.8 Å². The van der Waals surface area contributed by atoms with Crippen molar-refractivity contribution in [1.82, 2.24) is 5.32 Å². The third-order valence-electron chi connectivity index (χ3n) is 5.65. The number of hydrogen-bond donors (Lipinski definition) is 1. The van der Waals surface area contributed by atoms with E-state index >= 15 is 0 Å². The number of anilines is 1. The molecule has 0 bridgehead atoms. The maximum Gasteiger partial charge on any atom is 0.335 e. The number of aryl methyl sites for hydroxylation is 2. The lowest BCUT2D eigenvalue weighted by Gasteiger charge is -2.26. The van der Waals surface area contributed by atoms with Crippen molar-refractivity contribution in [1.29, 1.82) is 0 Å². The number of ether oxygens (including phenoxy) is 2. The molecule has 7 nitrogen and oxygen atoms in total. The van der Waals surface area contributed by atoms with Crippen LogP contribution in [0.15, 0.2) is 66.2 Å². The molecule has 4 rings (SSSR count). The Balaban J connectivity index is 1.58. The fraction of sp³-hybridized carbons (Fsp3) is 0.148. The number of nitrogens with one attached hydrogen (secondary N) is 1. The van der Waals surface area contributed by atoms with Gasteiger partial charge in [-0.05, 0) is 78.6 Å². The summed E-state index contributed by atoms with van der Waals surface area (Å²) in [7, 11) is 1.51. The second kappa shape index (κ2) is 10.0. The molecule has 0 atom stereocenters. The Morgan fingerprint density at radius 1 is 0.914 bits per heavy atom. The summed E-state index contributed by atoms with van der Waals surface area (Å²) in [5.74, 6) is -0.558. The predicted octanol–water partition coefficient (Wildman–Crippen LogP) is 5.21. The van der Waals surface area contributed by atoms with Crippen LogP contribution in [0.2, 0.25) is 5.02 Å². The van der Waals surface area contributed by atoms with E-state index in [1.54, 1.807) is 30.3 Å². The van der Waals surface area contributed by atoms with Crippen LogP contribution < -0.4 is 19.7 Å². The highest BCUT2D eigenvalue weighted by atomic mass is 35.5. The maximum atomic E-state index is 13.1. The lowest BCUT2D eigenvalue weighted by Crippen LogP contribution is -2.54. The normalized spacial score (nSPS) is 14.8. The van der Waals surface area contributed by atoms with E-state index in [1.165, 1.54) is 36.4 Å². The summed E-state index contributed by atoms with van der Waals surface area (Å²) in [6, 6.07) is 16.5. The molecule has 0 spiro atoms. The highest BCUT2D eigenvalue weighted by Gasteiger charge is 2.36. The molecule has 1 heterocycles. The topological polar surface area (TPSA) is 84.9 Å². The summed E-state index contributed by atoms with van der Waals surface area (Å²) in [5.41, 5.74) is 4.05. The van der Waals surface area contributed by atoms with Gasteiger partial charge in [-0.25, -0.2) is 9.69 Å². The molecule has 4 amide bonds. The number of hydrogen-bond acceptors (Lipinski definition) is 5. The molecule has 178 valence electrons. The maximum absolute atomic E-state index is 13.1. The van der Waals surface area contributed by atoms with Crippen molar-refractivity contribution in [3.63, 3.8) is 0 Å². The number of amides is 4. The zero-order chi connectivity index (χ0) is 25.1. The van der Waals surface area contributed by atoms with E-state index in [-0.39, 0.29) is 5.57 Å². The molecule has 8 heteroatoms. The van der Waals surface area contributed by atoms with Gasteiger partial charge in [0, 0.05) is 5.02 Å². The molecule has 1 aliphatic rings. The first kappa shape index (κ1) is 24.0. The monoisotopic (exact) mass is 490 g/mol. The van der Waals surface area contributed by atoms with Crippen molar-refractivity contribution < 1.29 is 23.9 Å². The van der Waals surface area contributed by atoms with Crippen LogP contribution in [0.5, 0.6) is 11.5 Å². The highest BCUT2D eigenvalue weighted by Crippen LogP contribution is 2.31. The molecule has 1 aliphatic heterocycles. The number of halogens is 1. The number of benzene rings is 3. The van der Waals surface area contributed by atoms with Gasteiger partial charge in [0.1, 0.15) is 12.2 Å². The predicted molar refractivity (Wildman–Crippen MR) is 134 cm³/mol. The molecule has 1 saturated heterocycles. The Morgan fingerprint density at radius 3 is 2.34 bits per heavy atom. The fourth-order valence-electron chi connectivity index (χ4n) is 3.60. The van der Waals surface area contributed by atoms with Crippen LogP contribution in [0.1, 0.15) is 22.3 Å². The number of nitrogens with zero attached hydrogens (tertiary/aromatic N) is 1. The fourth-order valence-corrected chi connectivity index (χ4v) is 3.72. The smallest absolute Gasteiger partial charge is 0.335 e. The van der Waals surface area contributed by atoms with Crippen molar-refractivity contribution in [2.75, 3.05) is 12.0 Å². The summed E-state index contributed by atoms with van der Waals surface area (Å²) in [6.45, 7) is 4.46. The Bertz CT molecular complexity index is 1350. The highest BCUT2D eigenvalue weighted by molar-refractivity contribution is 6.39. The van der Waals surface area contributed by atoms with Crippen LogP contribution in [0, 0.1) is 13.8 Å². The number of urea groups is 1. The van der Waals surface area contributed by atoms with E-state index in [0.717, 1.165) is 10.5 Å². The number of barbiturate groups is 1. The number of methoxy groups -OCH3 is 1. The minimum Gasteiger partial charge on any atom is -0.493 e. The first-order valence-electron chi connectivity index (χ1n) is 10.8. The first-order valence-corrected chi connectivity index (χ1v) is 11.2. The number of rotatable bonds is 6. The van der Waals surface area contributed by atoms with E-state index in [4.69, 9.17) is 21.1 Å². The van der Waals surface area contributed by atoms with Gasteiger partial charge in [0.15, 0.2) is 11.5 Å². The van der Waals surface area contributed by atoms with Gasteiger partial charge in [-0.2, -0.15) is 0 Å². The van der Waals surface area contributed by atoms with Crippen LogP contribution in [-0.2, 0) is 16.2 Å². The number of carbonyl (C=O) groups excluding carboxylic acids is 3. The second-order valence-electron chi connectivity index (χ2n) is 8.05. The molecule has 1 fully saturated rings. The third kappa shape index (κ3) is 5.20. The summed E-state index contributed by atoms with van der Waals surface area (Å²) >= 11 is 5.90. The molecule has 3 aromatic carbocycles. The van der Waals surface area contributed by atoms with Crippen molar-refractivity contribution in [3.8, 4) is 11.5 Å². The largest absolute Gasteiger partial charge is 0.493 e.